The Bertz CT molecular complexity index is 313. The van der Waals surface area contributed by atoms with E-state index < -0.39 is 0 Å². The van der Waals surface area contributed by atoms with Crippen LogP contribution in [0.25, 0.3) is 0 Å². The first-order chi connectivity index (χ1) is 6.71. The number of benzene rings is 1. The summed E-state index contributed by atoms with van der Waals surface area (Å²) in [5, 5.41) is 9.35. The molecule has 0 aliphatic heterocycles. The number of halogens is 1. The lowest BCUT2D eigenvalue weighted by atomic mass is 10.1. The van der Waals surface area contributed by atoms with Crippen LogP contribution in [0, 0.1) is 11.3 Å². The molecule has 0 atom stereocenters. The van der Waals surface area contributed by atoms with Crippen molar-refractivity contribution in [2.75, 3.05) is 0 Å². The number of nitrogens with zero attached hydrogens (tertiary/aromatic N) is 1. The third-order valence-corrected chi connectivity index (χ3v) is 1.95. The molecule has 76 valence electrons. The Labute approximate surface area is 91.3 Å². The number of rotatable bonds is 1. The van der Waals surface area contributed by atoms with Gasteiger partial charge in [-0.2, -0.15) is 5.26 Å². The van der Waals surface area contributed by atoms with Gasteiger partial charge in [0.1, 0.15) is 0 Å². The Morgan fingerprint density at radius 3 is 2.21 bits per heavy atom. The van der Waals surface area contributed by atoms with Crippen molar-refractivity contribution in [2.24, 2.45) is 0 Å². The van der Waals surface area contributed by atoms with E-state index in [1.165, 1.54) is 6.42 Å². The molecular formula is C12H16ClN. The Hall–Kier alpha value is -1.00. The molecule has 1 aromatic rings. The molecule has 0 radical (unpaired) electrons. The molecule has 1 nitrogen and oxygen atoms in total. The van der Waals surface area contributed by atoms with Crippen molar-refractivity contribution in [2.45, 2.75) is 33.6 Å². The summed E-state index contributed by atoms with van der Waals surface area (Å²) in [5.74, 6) is 0. The van der Waals surface area contributed by atoms with Gasteiger partial charge in [0.2, 0.25) is 0 Å². The highest BCUT2D eigenvalue weighted by atomic mass is 35.5. The molecule has 0 saturated carbocycles. The summed E-state index contributed by atoms with van der Waals surface area (Å²) < 4.78 is 0. The van der Waals surface area contributed by atoms with E-state index in [2.05, 4.69) is 19.9 Å². The van der Waals surface area contributed by atoms with E-state index in [0.717, 1.165) is 12.0 Å². The predicted molar refractivity (Wildman–Crippen MR) is 61.5 cm³/mol. The van der Waals surface area contributed by atoms with Crippen LogP contribution in [-0.4, -0.2) is 0 Å². The lowest BCUT2D eigenvalue weighted by molar-refractivity contribution is 1.09. The van der Waals surface area contributed by atoms with Gasteiger partial charge in [-0.15, -0.1) is 0 Å². The fourth-order valence-electron chi connectivity index (χ4n) is 1.02. The van der Waals surface area contributed by atoms with Crippen molar-refractivity contribution in [3.8, 4) is 6.07 Å². The van der Waals surface area contributed by atoms with E-state index >= 15 is 0 Å². The second-order valence-electron chi connectivity index (χ2n) is 2.94. The van der Waals surface area contributed by atoms with Gasteiger partial charge >= 0.3 is 0 Å². The second kappa shape index (κ2) is 7.41. The summed E-state index contributed by atoms with van der Waals surface area (Å²) >= 11 is 5.86. The van der Waals surface area contributed by atoms with Gasteiger partial charge in [0.05, 0.1) is 11.6 Å². The Kier molecular flexibility index (Phi) is 6.88. The molecular weight excluding hydrogens is 194 g/mol. The minimum Gasteiger partial charge on any atom is -0.192 e. The van der Waals surface area contributed by atoms with Gasteiger partial charge in [-0.25, -0.2) is 0 Å². The molecule has 0 amide bonds. The van der Waals surface area contributed by atoms with Crippen molar-refractivity contribution in [3.05, 3.63) is 34.3 Å². The van der Waals surface area contributed by atoms with Gasteiger partial charge in [0.25, 0.3) is 0 Å². The molecule has 1 aromatic carbocycles. The highest BCUT2D eigenvalue weighted by Gasteiger charge is 2.02. The molecule has 0 unspecified atom stereocenters. The highest BCUT2D eigenvalue weighted by molar-refractivity contribution is 6.31. The third kappa shape index (κ3) is 3.81. The minimum absolute atomic E-state index is 0.681. The molecule has 14 heavy (non-hydrogen) atoms. The van der Waals surface area contributed by atoms with Crippen LogP contribution in [-0.2, 0) is 6.42 Å². The molecule has 2 heteroatoms. The van der Waals surface area contributed by atoms with Gasteiger partial charge in [0.15, 0.2) is 0 Å². The third-order valence-electron chi connectivity index (χ3n) is 1.59. The minimum atomic E-state index is 0.681. The lowest BCUT2D eigenvalue weighted by Crippen LogP contribution is -1.87. The molecule has 0 heterocycles. The van der Waals surface area contributed by atoms with E-state index in [9.17, 15) is 0 Å². The molecule has 0 spiro atoms. The first-order valence-corrected chi connectivity index (χ1v) is 5.26. The zero-order valence-corrected chi connectivity index (χ0v) is 9.73. The SMILES string of the molecule is CCC.CCc1c(Cl)cccc1C#N. The molecule has 0 aliphatic carbocycles. The fraction of sp³-hybridized carbons (Fsp3) is 0.417. The summed E-state index contributed by atoms with van der Waals surface area (Å²) in [5.41, 5.74) is 1.62. The largest absolute Gasteiger partial charge is 0.192 e. The number of hydrogen-bond donors (Lipinski definition) is 0. The molecule has 0 bridgehead atoms. The zero-order valence-electron chi connectivity index (χ0n) is 8.97. The van der Waals surface area contributed by atoms with Crippen LogP contribution in [0.5, 0.6) is 0 Å². The first kappa shape index (κ1) is 13.0. The van der Waals surface area contributed by atoms with Gasteiger partial charge in [-0.1, -0.05) is 44.9 Å². The summed E-state index contributed by atoms with van der Waals surface area (Å²) in [6.07, 6.45) is 2.06. The standard InChI is InChI=1S/C9H8ClN.C3H8/c1-2-8-7(6-11)4-3-5-9(8)10;1-3-2/h3-5H,2H2,1H3;3H2,1-2H3. The summed E-state index contributed by atoms with van der Waals surface area (Å²) in [6, 6.07) is 7.48. The van der Waals surface area contributed by atoms with Crippen molar-refractivity contribution in [1.29, 1.82) is 5.26 Å². The van der Waals surface area contributed by atoms with Crippen LogP contribution in [0.3, 0.4) is 0 Å². The lowest BCUT2D eigenvalue weighted by Gasteiger charge is -2.01. The molecule has 0 saturated heterocycles. The number of hydrogen-bond acceptors (Lipinski definition) is 1. The molecule has 0 aromatic heterocycles. The zero-order chi connectivity index (χ0) is 11.0. The van der Waals surface area contributed by atoms with Crippen LogP contribution >= 0.6 is 11.6 Å². The van der Waals surface area contributed by atoms with Gasteiger partial charge < -0.3 is 0 Å². The van der Waals surface area contributed by atoms with Crippen molar-refractivity contribution < 1.29 is 0 Å². The van der Waals surface area contributed by atoms with Crippen LogP contribution < -0.4 is 0 Å². The summed E-state index contributed by atoms with van der Waals surface area (Å²) in [7, 11) is 0. The van der Waals surface area contributed by atoms with Crippen LogP contribution in [0.4, 0.5) is 0 Å². The maximum Gasteiger partial charge on any atom is 0.0995 e. The topological polar surface area (TPSA) is 23.8 Å². The van der Waals surface area contributed by atoms with E-state index in [-0.39, 0.29) is 0 Å². The van der Waals surface area contributed by atoms with Crippen LogP contribution in [0.15, 0.2) is 18.2 Å². The molecule has 0 fully saturated rings. The highest BCUT2D eigenvalue weighted by Crippen LogP contribution is 2.19. The van der Waals surface area contributed by atoms with E-state index in [4.69, 9.17) is 16.9 Å². The van der Waals surface area contributed by atoms with Gasteiger partial charge in [0, 0.05) is 5.02 Å². The Morgan fingerprint density at radius 1 is 1.29 bits per heavy atom. The van der Waals surface area contributed by atoms with Gasteiger partial charge in [-0.05, 0) is 24.1 Å². The quantitative estimate of drug-likeness (QED) is 0.681. The van der Waals surface area contributed by atoms with E-state index in [0.29, 0.717) is 10.6 Å². The Balaban J connectivity index is 0.000000500. The number of nitriles is 1. The van der Waals surface area contributed by atoms with Gasteiger partial charge in [-0.3, -0.25) is 0 Å². The van der Waals surface area contributed by atoms with Crippen LogP contribution in [0.1, 0.15) is 38.3 Å². The molecule has 1 rings (SSSR count). The molecule has 0 aliphatic rings. The van der Waals surface area contributed by atoms with Crippen molar-refractivity contribution >= 4 is 11.6 Å². The summed E-state index contributed by atoms with van der Waals surface area (Å²) in [6.45, 7) is 6.24. The van der Waals surface area contributed by atoms with Crippen molar-refractivity contribution in [1.82, 2.24) is 0 Å². The van der Waals surface area contributed by atoms with Crippen molar-refractivity contribution in [3.63, 3.8) is 0 Å². The Morgan fingerprint density at radius 2 is 1.86 bits per heavy atom. The maximum atomic E-state index is 8.67. The fourth-order valence-corrected chi connectivity index (χ4v) is 1.33. The first-order valence-electron chi connectivity index (χ1n) is 4.88. The van der Waals surface area contributed by atoms with E-state index in [1.54, 1.807) is 18.2 Å². The van der Waals surface area contributed by atoms with Crippen LogP contribution in [0.2, 0.25) is 5.02 Å². The predicted octanol–water partition coefficient (Wildman–Crippen LogP) is 4.19. The average Bonchev–Trinajstić information content (AvgIpc) is 2.18. The smallest absolute Gasteiger partial charge is 0.0995 e. The normalized spacial score (nSPS) is 8.50. The monoisotopic (exact) mass is 209 g/mol. The maximum absolute atomic E-state index is 8.67. The second-order valence-corrected chi connectivity index (χ2v) is 3.35. The molecule has 0 N–H and O–H groups in total. The summed E-state index contributed by atoms with van der Waals surface area (Å²) in [4.78, 5) is 0. The van der Waals surface area contributed by atoms with E-state index in [1.807, 2.05) is 6.92 Å². The average molecular weight is 210 g/mol.